The summed E-state index contributed by atoms with van der Waals surface area (Å²) in [5.41, 5.74) is 13.4. The summed E-state index contributed by atoms with van der Waals surface area (Å²) in [5, 5.41) is 5.38. The molecule has 0 spiro atoms. The molecule has 0 aromatic rings. The van der Waals surface area contributed by atoms with E-state index >= 15 is 0 Å². The zero-order valence-electron chi connectivity index (χ0n) is 8.64. The average molecular weight is 213 g/mol. The lowest BCUT2D eigenvalue weighted by atomic mass is 10.1. The molecule has 0 heterocycles. The van der Waals surface area contributed by atoms with Crippen LogP contribution in [0.15, 0.2) is 5.11 Å². The Labute approximate surface area is 87.6 Å². The van der Waals surface area contributed by atoms with Crippen LogP contribution in [0.2, 0.25) is 0 Å². The Kier molecular flexibility index (Phi) is 6.96. The number of nitrogens with two attached hydrogens (primary N) is 1. The van der Waals surface area contributed by atoms with Gasteiger partial charge in [0, 0.05) is 11.8 Å². The summed E-state index contributed by atoms with van der Waals surface area (Å²) >= 11 is 0. The van der Waals surface area contributed by atoms with Crippen molar-refractivity contribution in [2.45, 2.75) is 32.2 Å². The smallest absolute Gasteiger partial charge is 0.241 e. The number of hydrogen-bond acceptors (Lipinski definition) is 3. The molecular weight excluding hydrogens is 198 g/mol. The molecule has 7 heteroatoms. The fourth-order valence-electron chi connectivity index (χ4n) is 1.11. The molecule has 15 heavy (non-hydrogen) atoms. The molecule has 0 aromatic carbocycles. The van der Waals surface area contributed by atoms with Crippen molar-refractivity contribution in [2.24, 2.45) is 10.8 Å². The van der Waals surface area contributed by atoms with E-state index in [-0.39, 0.29) is 5.91 Å². The molecule has 0 radical (unpaired) electrons. The number of hydrogen-bond donors (Lipinski definition) is 2. The summed E-state index contributed by atoms with van der Waals surface area (Å²) in [6.07, 6.45) is 1.91. The van der Waals surface area contributed by atoms with Gasteiger partial charge in [-0.25, -0.2) is 0 Å². The maximum absolute atomic E-state index is 11.2. The summed E-state index contributed by atoms with van der Waals surface area (Å²) in [6.45, 7) is 1.84. The molecule has 0 aliphatic carbocycles. The molecule has 0 unspecified atom stereocenters. The van der Waals surface area contributed by atoms with E-state index in [1.807, 2.05) is 0 Å². The monoisotopic (exact) mass is 213 g/mol. The first-order chi connectivity index (χ1) is 7.11. The lowest BCUT2D eigenvalue weighted by Gasteiger charge is -2.13. The third kappa shape index (κ3) is 6.48. The van der Waals surface area contributed by atoms with Crippen molar-refractivity contribution in [3.63, 3.8) is 0 Å². The SMILES string of the molecule is CC(=O)N[C@@H](CCCCN)C(=O)N=[N+]=[N-]. The Hall–Kier alpha value is -1.59. The van der Waals surface area contributed by atoms with E-state index < -0.39 is 11.9 Å². The summed E-state index contributed by atoms with van der Waals surface area (Å²) < 4.78 is 0. The number of carbonyl (C=O) groups is 2. The zero-order valence-corrected chi connectivity index (χ0v) is 8.64. The highest BCUT2D eigenvalue weighted by Crippen LogP contribution is 2.02. The maximum Gasteiger partial charge on any atom is 0.241 e. The van der Waals surface area contributed by atoms with Crippen LogP contribution in [-0.4, -0.2) is 24.4 Å². The van der Waals surface area contributed by atoms with E-state index in [0.29, 0.717) is 19.4 Å². The number of rotatable bonds is 6. The molecule has 0 saturated heterocycles. The van der Waals surface area contributed by atoms with Crippen molar-refractivity contribution < 1.29 is 9.59 Å². The molecule has 3 N–H and O–H groups in total. The van der Waals surface area contributed by atoms with Crippen LogP contribution in [0, 0.1) is 0 Å². The third-order valence-electron chi connectivity index (χ3n) is 1.77. The van der Waals surface area contributed by atoms with E-state index in [0.717, 1.165) is 6.42 Å². The summed E-state index contributed by atoms with van der Waals surface area (Å²) in [6, 6.07) is -0.732. The van der Waals surface area contributed by atoms with Gasteiger partial charge in [0.05, 0.1) is 6.04 Å². The van der Waals surface area contributed by atoms with Crippen LogP contribution in [0.4, 0.5) is 0 Å². The van der Waals surface area contributed by atoms with Gasteiger partial charge >= 0.3 is 0 Å². The number of nitrogens with one attached hydrogen (secondary N) is 1. The second-order valence-corrected chi connectivity index (χ2v) is 3.07. The maximum atomic E-state index is 11.2. The van der Waals surface area contributed by atoms with Gasteiger partial charge in [-0.15, -0.1) is 0 Å². The molecule has 1 atom stereocenters. The van der Waals surface area contributed by atoms with Gasteiger partial charge in [0.2, 0.25) is 11.8 Å². The first-order valence-electron chi connectivity index (χ1n) is 4.68. The Balaban J connectivity index is 4.23. The van der Waals surface area contributed by atoms with Crippen LogP contribution in [0.1, 0.15) is 26.2 Å². The quantitative estimate of drug-likeness (QED) is 0.288. The lowest BCUT2D eigenvalue weighted by Crippen LogP contribution is -2.38. The molecule has 0 saturated carbocycles. The van der Waals surface area contributed by atoms with Crippen LogP contribution < -0.4 is 11.1 Å². The van der Waals surface area contributed by atoms with Crippen LogP contribution in [-0.2, 0) is 9.59 Å². The first-order valence-corrected chi connectivity index (χ1v) is 4.68. The van der Waals surface area contributed by atoms with Gasteiger partial charge in [-0.05, 0) is 36.5 Å². The van der Waals surface area contributed by atoms with Crippen molar-refractivity contribution in [3.05, 3.63) is 10.4 Å². The van der Waals surface area contributed by atoms with E-state index in [2.05, 4.69) is 15.3 Å². The number of nitrogens with zero attached hydrogens (tertiary/aromatic N) is 3. The fourth-order valence-corrected chi connectivity index (χ4v) is 1.11. The highest BCUT2D eigenvalue weighted by molar-refractivity contribution is 5.87. The van der Waals surface area contributed by atoms with Gasteiger partial charge in [-0.1, -0.05) is 0 Å². The molecule has 0 fully saturated rings. The minimum Gasteiger partial charge on any atom is -0.346 e. The molecule has 0 aromatic heterocycles. The van der Waals surface area contributed by atoms with Gasteiger partial charge < -0.3 is 11.1 Å². The summed E-state index contributed by atoms with van der Waals surface area (Å²) in [4.78, 5) is 24.4. The van der Waals surface area contributed by atoms with Crippen LogP contribution in [0.5, 0.6) is 0 Å². The van der Waals surface area contributed by atoms with E-state index in [1.165, 1.54) is 6.92 Å². The van der Waals surface area contributed by atoms with Gasteiger partial charge in [0.15, 0.2) is 0 Å². The molecule has 0 aliphatic rings. The summed E-state index contributed by atoms with van der Waals surface area (Å²) in [7, 11) is 0. The number of azide groups is 1. The minimum atomic E-state index is -0.732. The molecule has 7 nitrogen and oxygen atoms in total. The Morgan fingerprint density at radius 2 is 2.20 bits per heavy atom. The van der Waals surface area contributed by atoms with Crippen molar-refractivity contribution >= 4 is 11.8 Å². The van der Waals surface area contributed by atoms with Crippen LogP contribution >= 0.6 is 0 Å². The molecule has 0 aliphatic heterocycles. The predicted molar refractivity (Wildman–Crippen MR) is 54.7 cm³/mol. The summed E-state index contributed by atoms with van der Waals surface area (Å²) in [5.74, 6) is -0.987. The van der Waals surface area contributed by atoms with Crippen molar-refractivity contribution in [2.75, 3.05) is 6.54 Å². The Morgan fingerprint density at radius 3 is 2.67 bits per heavy atom. The van der Waals surface area contributed by atoms with Crippen molar-refractivity contribution in [1.82, 2.24) is 5.32 Å². The van der Waals surface area contributed by atoms with Crippen LogP contribution in [0.25, 0.3) is 10.4 Å². The normalized spacial score (nSPS) is 11.3. The van der Waals surface area contributed by atoms with Gasteiger partial charge in [0.1, 0.15) is 0 Å². The van der Waals surface area contributed by atoms with Gasteiger partial charge in [-0.2, -0.15) is 0 Å². The highest BCUT2D eigenvalue weighted by Gasteiger charge is 2.16. The number of carbonyl (C=O) groups excluding carboxylic acids is 2. The van der Waals surface area contributed by atoms with Gasteiger partial charge in [0.25, 0.3) is 0 Å². The average Bonchev–Trinajstić information content (AvgIpc) is 2.16. The lowest BCUT2D eigenvalue weighted by molar-refractivity contribution is -0.126. The van der Waals surface area contributed by atoms with Crippen molar-refractivity contribution in [1.29, 1.82) is 0 Å². The largest absolute Gasteiger partial charge is 0.346 e. The van der Waals surface area contributed by atoms with Crippen LogP contribution in [0.3, 0.4) is 0 Å². The Morgan fingerprint density at radius 1 is 1.53 bits per heavy atom. The minimum absolute atomic E-state index is 0.325. The van der Waals surface area contributed by atoms with Crippen molar-refractivity contribution in [3.8, 4) is 0 Å². The third-order valence-corrected chi connectivity index (χ3v) is 1.77. The molecular formula is C8H15N5O2. The number of unbranched alkanes of at least 4 members (excludes halogenated alkanes) is 1. The fraction of sp³-hybridized carbons (Fsp3) is 0.750. The molecule has 84 valence electrons. The van der Waals surface area contributed by atoms with E-state index in [4.69, 9.17) is 11.3 Å². The predicted octanol–water partition coefficient (Wildman–Crippen LogP) is 0.457. The Bertz CT molecular complexity index is 272. The molecule has 0 bridgehead atoms. The highest BCUT2D eigenvalue weighted by atomic mass is 16.2. The number of amides is 2. The zero-order chi connectivity index (χ0) is 11.7. The standard InChI is InChI=1S/C8H15N5O2/c1-6(14)11-7(4-2-3-5-9)8(15)12-13-10/h7H,2-5,9H2,1H3,(H,11,14)/t7-/m0/s1. The van der Waals surface area contributed by atoms with Gasteiger partial charge in [-0.3, -0.25) is 9.59 Å². The topological polar surface area (TPSA) is 121 Å². The van der Waals surface area contributed by atoms with E-state index in [1.54, 1.807) is 0 Å². The first kappa shape index (κ1) is 13.4. The molecule has 0 rings (SSSR count). The second-order valence-electron chi connectivity index (χ2n) is 3.07. The second kappa shape index (κ2) is 7.78. The molecule has 2 amide bonds. The van der Waals surface area contributed by atoms with E-state index in [9.17, 15) is 9.59 Å².